The van der Waals surface area contributed by atoms with Crippen molar-refractivity contribution in [2.75, 3.05) is 0 Å². The molecule has 0 amide bonds. The zero-order chi connectivity index (χ0) is 7.56. The molecule has 0 aliphatic rings. The van der Waals surface area contributed by atoms with Gasteiger partial charge in [-0.05, 0) is 0 Å². The molecule has 2 nitrogen and oxygen atoms in total. The third-order valence-electron chi connectivity index (χ3n) is 1.27. The zero-order valence-electron chi connectivity index (χ0n) is 6.13. The molecule has 0 radical (unpaired) electrons. The third-order valence-corrected chi connectivity index (χ3v) is 2.13. The summed E-state index contributed by atoms with van der Waals surface area (Å²) in [7, 11) is 0. The van der Waals surface area contributed by atoms with Gasteiger partial charge in [0, 0.05) is 13.8 Å². The number of aromatic nitrogens is 1. The number of ketones is 1. The van der Waals surface area contributed by atoms with Crippen molar-refractivity contribution in [3.05, 3.63) is 16.6 Å². The molecule has 0 N–H and O–H groups in total. The van der Waals surface area contributed by atoms with Crippen molar-refractivity contribution in [1.29, 1.82) is 0 Å². The van der Waals surface area contributed by atoms with E-state index < -0.39 is 0 Å². The second kappa shape index (κ2) is 2.92. The van der Waals surface area contributed by atoms with Crippen LogP contribution in [0.15, 0.2) is 10.9 Å². The van der Waals surface area contributed by atoms with Crippen molar-refractivity contribution >= 4 is 17.1 Å². The first-order valence-corrected chi connectivity index (χ1v) is 4.06. The van der Waals surface area contributed by atoms with Crippen molar-refractivity contribution in [3.8, 4) is 0 Å². The van der Waals surface area contributed by atoms with Crippen LogP contribution in [0.2, 0.25) is 0 Å². The van der Waals surface area contributed by atoms with Crippen LogP contribution in [0, 0.1) is 6.92 Å². The van der Waals surface area contributed by atoms with Gasteiger partial charge in [-0.25, -0.2) is 0 Å². The Morgan fingerprint density at radius 3 is 2.90 bits per heavy atom. The first-order chi connectivity index (χ1) is 4.70. The standard InChI is InChI=1S/C7H10NOS/c1-6-4-10-5-8(6)3-7(2)9/h4-5H,3H2,1-2H3/q+1. The van der Waals surface area contributed by atoms with Crippen molar-refractivity contribution in [2.45, 2.75) is 20.4 Å². The number of thiazole rings is 1. The summed E-state index contributed by atoms with van der Waals surface area (Å²) in [4.78, 5) is 10.6. The second-order valence-electron chi connectivity index (χ2n) is 2.33. The van der Waals surface area contributed by atoms with Crippen molar-refractivity contribution in [1.82, 2.24) is 0 Å². The van der Waals surface area contributed by atoms with Crippen molar-refractivity contribution in [3.63, 3.8) is 0 Å². The third kappa shape index (κ3) is 1.64. The van der Waals surface area contributed by atoms with E-state index in [1.807, 2.05) is 22.4 Å². The molecule has 10 heavy (non-hydrogen) atoms. The van der Waals surface area contributed by atoms with Gasteiger partial charge in [0.15, 0.2) is 11.5 Å². The summed E-state index contributed by atoms with van der Waals surface area (Å²) in [6.07, 6.45) is 0. The quantitative estimate of drug-likeness (QED) is 0.584. The van der Waals surface area contributed by atoms with Gasteiger partial charge in [0.25, 0.3) is 0 Å². The van der Waals surface area contributed by atoms with E-state index in [4.69, 9.17) is 0 Å². The van der Waals surface area contributed by atoms with Gasteiger partial charge in [0.1, 0.15) is 0 Å². The predicted molar refractivity (Wildman–Crippen MR) is 39.9 cm³/mol. The number of hydrogen-bond acceptors (Lipinski definition) is 2. The van der Waals surface area contributed by atoms with Gasteiger partial charge < -0.3 is 0 Å². The Hall–Kier alpha value is -0.700. The Balaban J connectivity index is 2.74. The molecule has 3 heteroatoms. The van der Waals surface area contributed by atoms with Crippen LogP contribution in [0.5, 0.6) is 0 Å². The molecule has 1 rings (SSSR count). The molecule has 1 aromatic rings. The van der Waals surface area contributed by atoms with E-state index in [0.717, 1.165) is 5.69 Å². The molecular weight excluding hydrogens is 146 g/mol. The smallest absolute Gasteiger partial charge is 0.225 e. The molecule has 0 aliphatic carbocycles. The minimum absolute atomic E-state index is 0.200. The molecule has 0 atom stereocenters. The molecule has 54 valence electrons. The van der Waals surface area contributed by atoms with Crippen LogP contribution in [0.3, 0.4) is 0 Å². The SMILES string of the molecule is CC(=O)C[n+]1cscc1C. The van der Waals surface area contributed by atoms with Gasteiger partial charge in [0.2, 0.25) is 12.1 Å². The Labute approximate surface area is 64.1 Å². The Kier molecular flexibility index (Phi) is 2.17. The first-order valence-electron chi connectivity index (χ1n) is 3.12. The van der Waals surface area contributed by atoms with Crippen LogP contribution >= 0.6 is 11.3 Å². The molecule has 0 saturated heterocycles. The van der Waals surface area contributed by atoms with E-state index in [0.29, 0.717) is 6.54 Å². The maximum absolute atomic E-state index is 10.6. The molecule has 1 aromatic heterocycles. The summed E-state index contributed by atoms with van der Waals surface area (Å²) in [6, 6.07) is 0. The molecule has 1 heterocycles. The van der Waals surface area contributed by atoms with Gasteiger partial charge in [-0.3, -0.25) is 4.79 Å². The van der Waals surface area contributed by atoms with Crippen LogP contribution < -0.4 is 4.57 Å². The monoisotopic (exact) mass is 156 g/mol. The number of nitrogens with zero attached hydrogens (tertiary/aromatic N) is 1. The largest absolute Gasteiger partial charge is 0.293 e. The minimum Gasteiger partial charge on any atom is -0.293 e. The number of hydrogen-bond donors (Lipinski definition) is 0. The van der Waals surface area contributed by atoms with Gasteiger partial charge in [0.05, 0.1) is 5.38 Å². The highest BCUT2D eigenvalue weighted by molar-refractivity contribution is 7.07. The lowest BCUT2D eigenvalue weighted by Crippen LogP contribution is -2.37. The summed E-state index contributed by atoms with van der Waals surface area (Å²) in [5, 5.41) is 2.03. The van der Waals surface area contributed by atoms with E-state index in [2.05, 4.69) is 0 Å². The fourth-order valence-corrected chi connectivity index (χ4v) is 1.54. The van der Waals surface area contributed by atoms with Crippen molar-refractivity contribution in [2.24, 2.45) is 0 Å². The summed E-state index contributed by atoms with van der Waals surface area (Å²) >= 11 is 1.62. The number of rotatable bonds is 2. The predicted octanol–water partition coefficient (Wildman–Crippen LogP) is 0.933. The van der Waals surface area contributed by atoms with Crippen molar-refractivity contribution < 1.29 is 9.36 Å². The number of carbonyl (C=O) groups excluding carboxylic acids is 1. The second-order valence-corrected chi connectivity index (χ2v) is 3.05. The van der Waals surface area contributed by atoms with E-state index in [-0.39, 0.29) is 5.78 Å². The highest BCUT2D eigenvalue weighted by atomic mass is 32.1. The van der Waals surface area contributed by atoms with E-state index in [1.165, 1.54) is 0 Å². The molecule has 0 spiro atoms. The van der Waals surface area contributed by atoms with E-state index in [9.17, 15) is 4.79 Å². The summed E-state index contributed by atoms with van der Waals surface area (Å²) in [6.45, 7) is 4.11. The van der Waals surface area contributed by atoms with Crippen LogP contribution in [-0.2, 0) is 11.3 Å². The van der Waals surface area contributed by atoms with Gasteiger partial charge >= 0.3 is 0 Å². The topological polar surface area (TPSA) is 20.9 Å². The minimum atomic E-state index is 0.200. The molecule has 0 bridgehead atoms. The molecule has 0 aliphatic heterocycles. The van der Waals surface area contributed by atoms with Gasteiger partial charge in [-0.15, -0.1) is 0 Å². The van der Waals surface area contributed by atoms with Crippen LogP contribution in [0.1, 0.15) is 12.6 Å². The van der Waals surface area contributed by atoms with Gasteiger partial charge in [-0.2, -0.15) is 4.57 Å². The Morgan fingerprint density at radius 1 is 1.80 bits per heavy atom. The molecule has 0 unspecified atom stereocenters. The average Bonchev–Trinajstić information content (AvgIpc) is 2.15. The lowest BCUT2D eigenvalue weighted by atomic mass is 10.4. The van der Waals surface area contributed by atoms with Crippen LogP contribution in [0.4, 0.5) is 0 Å². The molecule has 0 aromatic carbocycles. The zero-order valence-corrected chi connectivity index (χ0v) is 6.94. The fraction of sp³-hybridized carbons (Fsp3) is 0.429. The molecular formula is C7H10NOS+. The fourth-order valence-electron chi connectivity index (χ4n) is 0.755. The Bertz CT molecular complexity index is 242. The lowest BCUT2D eigenvalue weighted by Gasteiger charge is -1.87. The average molecular weight is 156 g/mol. The molecule has 0 fully saturated rings. The number of Topliss-reactive ketones (excluding diaryl/α,β-unsaturated/α-hetero) is 1. The summed E-state index contributed by atoms with van der Waals surface area (Å²) in [5.74, 6) is 0.200. The maximum atomic E-state index is 10.6. The summed E-state index contributed by atoms with van der Waals surface area (Å²) < 4.78 is 1.95. The number of carbonyl (C=O) groups is 1. The van der Waals surface area contributed by atoms with E-state index in [1.54, 1.807) is 18.3 Å². The normalized spacial score (nSPS) is 9.80. The van der Waals surface area contributed by atoms with Crippen LogP contribution in [0.25, 0.3) is 0 Å². The number of aryl methyl sites for hydroxylation is 1. The lowest BCUT2D eigenvalue weighted by molar-refractivity contribution is -0.685. The highest BCUT2D eigenvalue weighted by Crippen LogP contribution is 1.95. The summed E-state index contributed by atoms with van der Waals surface area (Å²) in [5.41, 5.74) is 3.11. The highest BCUT2D eigenvalue weighted by Gasteiger charge is 2.08. The molecule has 0 saturated carbocycles. The first kappa shape index (κ1) is 7.41. The maximum Gasteiger partial charge on any atom is 0.225 e. The van der Waals surface area contributed by atoms with Crippen LogP contribution in [-0.4, -0.2) is 5.78 Å². The van der Waals surface area contributed by atoms with Gasteiger partial charge in [-0.1, -0.05) is 11.3 Å². The van der Waals surface area contributed by atoms with E-state index >= 15 is 0 Å². The Morgan fingerprint density at radius 2 is 2.50 bits per heavy atom.